The Morgan fingerprint density at radius 3 is 2.29 bits per heavy atom. The molecule has 0 spiro atoms. The van der Waals surface area contributed by atoms with E-state index >= 15 is 0 Å². The van der Waals surface area contributed by atoms with Crippen molar-refractivity contribution in [2.45, 2.75) is 0 Å². The van der Waals surface area contributed by atoms with Gasteiger partial charge in [0, 0.05) is 30.3 Å². The number of hydrogen-bond donors (Lipinski definition) is 3. The van der Waals surface area contributed by atoms with Gasteiger partial charge in [-0.15, -0.1) is 0 Å². The molecule has 0 atom stereocenters. The van der Waals surface area contributed by atoms with Crippen molar-refractivity contribution in [2.24, 2.45) is 0 Å². The molecular weight excluding hydrogens is 281 g/mol. The number of carbonyl (C=O) groups is 2. The highest BCUT2D eigenvalue weighted by molar-refractivity contribution is 5.94. The highest BCUT2D eigenvalue weighted by Crippen LogP contribution is 2.14. The molecule has 0 aliphatic rings. The third-order valence-electron chi connectivity index (χ3n) is 2.68. The van der Waals surface area contributed by atoms with Crippen LogP contribution in [0.15, 0.2) is 24.3 Å². The summed E-state index contributed by atoms with van der Waals surface area (Å²) in [6.07, 6.45) is 1.88. The van der Waals surface area contributed by atoms with Gasteiger partial charge in [-0.3, -0.25) is 4.79 Å². The lowest BCUT2D eigenvalue weighted by Crippen LogP contribution is -2.35. The summed E-state index contributed by atoms with van der Waals surface area (Å²) in [6, 6.07) is 3.64. The van der Waals surface area contributed by atoms with E-state index in [1.54, 1.807) is 0 Å². The zero-order valence-electron chi connectivity index (χ0n) is 11.2. The second-order valence-electron chi connectivity index (χ2n) is 4.15. The molecule has 0 bridgehead atoms. The Hall–Kier alpha value is -2.25. The maximum absolute atomic E-state index is 13.8. The van der Waals surface area contributed by atoms with E-state index in [0.29, 0.717) is 0 Å². The molecule has 0 aliphatic carbocycles. The first-order valence-electron chi connectivity index (χ1n) is 6.21. The van der Waals surface area contributed by atoms with Crippen LogP contribution in [0.5, 0.6) is 0 Å². The molecule has 114 valence electrons. The number of hydrogen-bond acceptors (Lipinski definition) is 4. The molecular formula is C14H16FNO5. The van der Waals surface area contributed by atoms with Crippen molar-refractivity contribution in [3.05, 3.63) is 41.2 Å². The summed E-state index contributed by atoms with van der Waals surface area (Å²) < 4.78 is 13.8. The van der Waals surface area contributed by atoms with Crippen LogP contribution < -0.4 is 0 Å². The molecule has 21 heavy (non-hydrogen) atoms. The standard InChI is InChI=1S/C14H16FNO5/c15-12-9-11(2-1-10(12)3-4-13(19)20)14(21)16(5-7-17)6-8-18/h1-4,9,17-18H,5-8H2,(H,19,20). The average Bonchev–Trinajstić information content (AvgIpc) is 2.44. The van der Waals surface area contributed by atoms with E-state index in [0.717, 1.165) is 18.2 Å². The number of halogens is 1. The van der Waals surface area contributed by atoms with E-state index in [1.807, 2.05) is 0 Å². The number of carbonyl (C=O) groups excluding carboxylic acids is 1. The molecule has 0 aliphatic heterocycles. The third-order valence-corrected chi connectivity index (χ3v) is 2.68. The number of benzene rings is 1. The van der Waals surface area contributed by atoms with E-state index in [9.17, 15) is 14.0 Å². The Kier molecular flexibility index (Phi) is 6.51. The van der Waals surface area contributed by atoms with E-state index in [4.69, 9.17) is 15.3 Å². The lowest BCUT2D eigenvalue weighted by atomic mass is 10.1. The zero-order valence-corrected chi connectivity index (χ0v) is 11.2. The van der Waals surface area contributed by atoms with Crippen LogP contribution in [-0.2, 0) is 4.79 Å². The minimum Gasteiger partial charge on any atom is -0.478 e. The second kappa shape index (κ2) is 8.13. The van der Waals surface area contributed by atoms with E-state index < -0.39 is 17.7 Å². The lowest BCUT2D eigenvalue weighted by Gasteiger charge is -2.20. The lowest BCUT2D eigenvalue weighted by molar-refractivity contribution is -0.131. The predicted molar refractivity (Wildman–Crippen MR) is 73.1 cm³/mol. The third kappa shape index (κ3) is 4.97. The summed E-state index contributed by atoms with van der Waals surface area (Å²) in [7, 11) is 0. The fraction of sp³-hybridized carbons (Fsp3) is 0.286. The molecule has 0 aromatic heterocycles. The van der Waals surface area contributed by atoms with Crippen molar-refractivity contribution in [1.82, 2.24) is 4.90 Å². The molecule has 1 rings (SSSR count). The van der Waals surface area contributed by atoms with Crippen LogP contribution in [0, 0.1) is 5.82 Å². The smallest absolute Gasteiger partial charge is 0.328 e. The van der Waals surface area contributed by atoms with Gasteiger partial charge in [0.05, 0.1) is 13.2 Å². The van der Waals surface area contributed by atoms with Crippen LogP contribution in [0.1, 0.15) is 15.9 Å². The highest BCUT2D eigenvalue weighted by atomic mass is 19.1. The average molecular weight is 297 g/mol. The van der Waals surface area contributed by atoms with Crippen LogP contribution in [0.4, 0.5) is 4.39 Å². The molecule has 0 fully saturated rings. The molecule has 1 aromatic carbocycles. The summed E-state index contributed by atoms with van der Waals surface area (Å²) in [5, 5.41) is 26.2. The largest absolute Gasteiger partial charge is 0.478 e. The van der Waals surface area contributed by atoms with Crippen molar-refractivity contribution in [1.29, 1.82) is 0 Å². The summed E-state index contributed by atoms with van der Waals surface area (Å²) in [5.41, 5.74) is 0.103. The Morgan fingerprint density at radius 1 is 1.19 bits per heavy atom. The van der Waals surface area contributed by atoms with E-state index in [1.165, 1.54) is 17.0 Å². The van der Waals surface area contributed by atoms with Crippen LogP contribution in [-0.4, -0.2) is 58.4 Å². The van der Waals surface area contributed by atoms with Gasteiger partial charge in [0.15, 0.2) is 0 Å². The Morgan fingerprint density at radius 2 is 1.81 bits per heavy atom. The minimum absolute atomic E-state index is 0.0294. The van der Waals surface area contributed by atoms with Crippen LogP contribution in [0.25, 0.3) is 6.08 Å². The van der Waals surface area contributed by atoms with Crippen molar-refractivity contribution in [2.75, 3.05) is 26.3 Å². The van der Waals surface area contributed by atoms with Crippen LogP contribution in [0.3, 0.4) is 0 Å². The molecule has 0 unspecified atom stereocenters. The van der Waals surface area contributed by atoms with Crippen molar-refractivity contribution >= 4 is 18.0 Å². The second-order valence-corrected chi connectivity index (χ2v) is 4.15. The number of aliphatic hydroxyl groups excluding tert-OH is 2. The molecule has 0 saturated carbocycles. The van der Waals surface area contributed by atoms with Gasteiger partial charge in [0.1, 0.15) is 5.82 Å². The van der Waals surface area contributed by atoms with E-state index in [2.05, 4.69) is 0 Å². The van der Waals surface area contributed by atoms with Gasteiger partial charge in [-0.2, -0.15) is 0 Å². The molecule has 0 saturated heterocycles. The van der Waals surface area contributed by atoms with Crippen LogP contribution >= 0.6 is 0 Å². The number of carboxylic acid groups (broad SMARTS) is 1. The number of carboxylic acids is 1. The number of aliphatic hydroxyl groups is 2. The fourth-order valence-electron chi connectivity index (χ4n) is 1.70. The first kappa shape index (κ1) is 16.8. The van der Waals surface area contributed by atoms with Crippen LogP contribution in [0.2, 0.25) is 0 Å². The Labute approximate surface area is 120 Å². The van der Waals surface area contributed by atoms with Gasteiger partial charge in [-0.1, -0.05) is 6.07 Å². The number of amides is 1. The number of nitrogens with zero attached hydrogens (tertiary/aromatic N) is 1. The SMILES string of the molecule is O=C(O)C=Cc1ccc(C(=O)N(CCO)CCO)cc1F. The molecule has 0 heterocycles. The van der Waals surface area contributed by atoms with E-state index in [-0.39, 0.29) is 37.4 Å². The quantitative estimate of drug-likeness (QED) is 0.631. The summed E-state index contributed by atoms with van der Waals surface area (Å²) in [6.45, 7) is -0.481. The minimum atomic E-state index is -1.20. The van der Waals surface area contributed by atoms with Gasteiger partial charge >= 0.3 is 5.97 Å². The molecule has 0 radical (unpaired) electrons. The topological polar surface area (TPSA) is 98.1 Å². The molecule has 3 N–H and O–H groups in total. The predicted octanol–water partition coefficient (Wildman–Crippen LogP) is 0.350. The van der Waals surface area contributed by atoms with Gasteiger partial charge < -0.3 is 20.2 Å². The first-order chi connectivity index (χ1) is 9.99. The van der Waals surface area contributed by atoms with Gasteiger partial charge in [0.2, 0.25) is 0 Å². The normalized spacial score (nSPS) is 10.8. The molecule has 1 aromatic rings. The molecule has 6 nitrogen and oxygen atoms in total. The number of aliphatic carboxylic acids is 1. The Balaban J connectivity index is 2.96. The van der Waals surface area contributed by atoms with Gasteiger partial charge in [0.25, 0.3) is 5.91 Å². The van der Waals surface area contributed by atoms with Crippen molar-refractivity contribution in [3.63, 3.8) is 0 Å². The fourth-order valence-corrected chi connectivity index (χ4v) is 1.70. The summed E-state index contributed by atoms with van der Waals surface area (Å²) in [5.74, 6) is -2.45. The van der Waals surface area contributed by atoms with Crippen molar-refractivity contribution < 1.29 is 29.3 Å². The maximum Gasteiger partial charge on any atom is 0.328 e. The molecule has 7 heteroatoms. The maximum atomic E-state index is 13.8. The number of rotatable bonds is 7. The summed E-state index contributed by atoms with van der Waals surface area (Å²) in [4.78, 5) is 23.7. The van der Waals surface area contributed by atoms with Gasteiger partial charge in [-0.25, -0.2) is 9.18 Å². The van der Waals surface area contributed by atoms with Gasteiger partial charge in [-0.05, 0) is 18.2 Å². The highest BCUT2D eigenvalue weighted by Gasteiger charge is 2.16. The Bertz CT molecular complexity index is 538. The summed E-state index contributed by atoms with van der Waals surface area (Å²) >= 11 is 0. The monoisotopic (exact) mass is 297 g/mol. The van der Waals surface area contributed by atoms with Crippen molar-refractivity contribution in [3.8, 4) is 0 Å². The molecule has 1 amide bonds. The zero-order chi connectivity index (χ0) is 15.8. The first-order valence-corrected chi connectivity index (χ1v) is 6.21.